The van der Waals surface area contributed by atoms with Gasteiger partial charge in [0.05, 0.1) is 29.5 Å². The predicted octanol–water partition coefficient (Wildman–Crippen LogP) is 3.08. The lowest BCUT2D eigenvalue weighted by Gasteiger charge is -2.19. The van der Waals surface area contributed by atoms with Gasteiger partial charge < -0.3 is 10.1 Å². The zero-order chi connectivity index (χ0) is 14.5. The van der Waals surface area contributed by atoms with Gasteiger partial charge in [0.1, 0.15) is 5.75 Å². The van der Waals surface area contributed by atoms with E-state index in [-0.39, 0.29) is 6.04 Å². The monoisotopic (exact) mass is 337 g/mol. The van der Waals surface area contributed by atoms with E-state index < -0.39 is 0 Å². The van der Waals surface area contributed by atoms with Crippen molar-refractivity contribution in [2.45, 2.75) is 19.4 Å². The maximum Gasteiger partial charge on any atom is 0.119 e. The Bertz CT molecular complexity index is 548. The average molecular weight is 338 g/mol. The van der Waals surface area contributed by atoms with Crippen LogP contribution in [0.3, 0.4) is 0 Å². The quantitative estimate of drug-likeness (QED) is 0.880. The van der Waals surface area contributed by atoms with Crippen molar-refractivity contribution in [2.75, 3.05) is 13.7 Å². The van der Waals surface area contributed by atoms with Gasteiger partial charge in [0.15, 0.2) is 0 Å². The van der Waals surface area contributed by atoms with Gasteiger partial charge in [0.2, 0.25) is 0 Å². The van der Waals surface area contributed by atoms with Crippen LogP contribution in [-0.4, -0.2) is 23.4 Å². The van der Waals surface area contributed by atoms with Gasteiger partial charge in [0.25, 0.3) is 0 Å². The van der Waals surface area contributed by atoms with Gasteiger partial charge in [-0.25, -0.2) is 0 Å². The Hall–Kier alpha value is -1.33. The highest BCUT2D eigenvalue weighted by molar-refractivity contribution is 9.10. The number of aromatic nitrogens is 2. The summed E-state index contributed by atoms with van der Waals surface area (Å²) < 4.78 is 8.24. The number of rotatable bonds is 6. The zero-order valence-electron chi connectivity index (χ0n) is 12.1. The number of methoxy groups -OCH3 is 1. The molecule has 0 amide bonds. The van der Waals surface area contributed by atoms with Crippen molar-refractivity contribution >= 4 is 15.9 Å². The third-order valence-electron chi connectivity index (χ3n) is 3.29. The minimum absolute atomic E-state index is 0.217. The van der Waals surface area contributed by atoms with Crippen molar-refractivity contribution < 1.29 is 4.74 Å². The summed E-state index contributed by atoms with van der Waals surface area (Å²) in [6.07, 6.45) is 2.73. The van der Waals surface area contributed by atoms with E-state index in [2.05, 4.69) is 45.4 Å². The summed E-state index contributed by atoms with van der Waals surface area (Å²) in [6, 6.07) is 8.40. The fourth-order valence-corrected chi connectivity index (χ4v) is 2.98. The van der Waals surface area contributed by atoms with Crippen molar-refractivity contribution in [3.8, 4) is 5.75 Å². The van der Waals surface area contributed by atoms with Gasteiger partial charge in [-0.3, -0.25) is 4.68 Å². The maximum atomic E-state index is 5.29. The van der Waals surface area contributed by atoms with Gasteiger partial charge in [-0.15, -0.1) is 0 Å². The van der Waals surface area contributed by atoms with Crippen LogP contribution in [0.25, 0.3) is 0 Å². The van der Waals surface area contributed by atoms with Crippen LogP contribution in [-0.2, 0) is 13.5 Å². The molecule has 2 aromatic rings. The van der Waals surface area contributed by atoms with E-state index in [1.54, 1.807) is 7.11 Å². The minimum Gasteiger partial charge on any atom is -0.497 e. The van der Waals surface area contributed by atoms with Gasteiger partial charge in [-0.05, 0) is 46.6 Å². The van der Waals surface area contributed by atoms with Gasteiger partial charge in [0, 0.05) is 7.05 Å². The molecule has 0 fully saturated rings. The fraction of sp³-hybridized carbons (Fsp3) is 0.400. The van der Waals surface area contributed by atoms with Crippen molar-refractivity contribution in [3.05, 3.63) is 46.2 Å². The smallest absolute Gasteiger partial charge is 0.119 e. The molecular weight excluding hydrogens is 318 g/mol. The van der Waals surface area contributed by atoms with Crippen LogP contribution in [0.2, 0.25) is 0 Å². The van der Waals surface area contributed by atoms with Crippen LogP contribution in [0.15, 0.2) is 34.9 Å². The van der Waals surface area contributed by atoms with E-state index in [0.29, 0.717) is 0 Å². The van der Waals surface area contributed by atoms with E-state index in [0.717, 1.165) is 28.9 Å². The molecule has 108 valence electrons. The third kappa shape index (κ3) is 3.41. The Morgan fingerprint density at radius 2 is 2.25 bits per heavy atom. The lowest BCUT2D eigenvalue weighted by molar-refractivity contribution is 0.413. The molecule has 1 N–H and O–H groups in total. The SMILES string of the molecule is CCNC(Cc1cccc(OC)c1)c1c(Br)cnn1C. The summed E-state index contributed by atoms with van der Waals surface area (Å²) in [4.78, 5) is 0. The number of nitrogens with one attached hydrogen (secondary N) is 1. The summed E-state index contributed by atoms with van der Waals surface area (Å²) >= 11 is 3.58. The lowest BCUT2D eigenvalue weighted by atomic mass is 10.0. The first-order chi connectivity index (χ1) is 9.65. The Morgan fingerprint density at radius 3 is 2.85 bits per heavy atom. The summed E-state index contributed by atoms with van der Waals surface area (Å²) in [5.74, 6) is 0.891. The summed E-state index contributed by atoms with van der Waals surface area (Å²) in [5.41, 5.74) is 2.40. The van der Waals surface area contributed by atoms with Crippen LogP contribution in [0.5, 0.6) is 5.75 Å². The molecular formula is C15H20BrN3O. The standard InChI is InChI=1S/C15H20BrN3O/c1-4-17-14(15-13(16)10-18-19(15)2)9-11-6-5-7-12(8-11)20-3/h5-8,10,14,17H,4,9H2,1-3H3. The van der Waals surface area contributed by atoms with E-state index in [4.69, 9.17) is 4.74 Å². The number of hydrogen-bond acceptors (Lipinski definition) is 3. The third-order valence-corrected chi connectivity index (χ3v) is 3.90. The summed E-state index contributed by atoms with van der Waals surface area (Å²) in [7, 11) is 3.66. The fourth-order valence-electron chi connectivity index (χ4n) is 2.36. The van der Waals surface area contributed by atoms with Crippen molar-refractivity contribution in [2.24, 2.45) is 7.05 Å². The molecule has 2 rings (SSSR count). The minimum atomic E-state index is 0.217. The largest absolute Gasteiger partial charge is 0.497 e. The molecule has 0 saturated heterocycles. The molecule has 1 unspecified atom stereocenters. The second kappa shape index (κ2) is 6.90. The van der Waals surface area contributed by atoms with Crippen LogP contribution in [0.1, 0.15) is 24.2 Å². The average Bonchev–Trinajstić information content (AvgIpc) is 2.78. The second-order valence-electron chi connectivity index (χ2n) is 4.67. The predicted molar refractivity (Wildman–Crippen MR) is 84.0 cm³/mol. The van der Waals surface area contributed by atoms with Gasteiger partial charge in [-0.2, -0.15) is 5.10 Å². The second-order valence-corrected chi connectivity index (χ2v) is 5.52. The topological polar surface area (TPSA) is 39.1 Å². The van der Waals surface area contributed by atoms with Gasteiger partial charge in [-0.1, -0.05) is 19.1 Å². The number of halogens is 1. The van der Waals surface area contributed by atoms with Crippen LogP contribution in [0, 0.1) is 0 Å². The number of nitrogens with zero attached hydrogens (tertiary/aromatic N) is 2. The van der Waals surface area contributed by atoms with E-state index >= 15 is 0 Å². The molecule has 0 aliphatic heterocycles. The number of benzene rings is 1. The molecule has 0 saturated carbocycles. The molecule has 1 aromatic carbocycles. The highest BCUT2D eigenvalue weighted by atomic mass is 79.9. The molecule has 0 aliphatic rings. The Balaban J connectivity index is 2.25. The van der Waals surface area contributed by atoms with Crippen molar-refractivity contribution in [1.82, 2.24) is 15.1 Å². The molecule has 1 atom stereocenters. The molecule has 1 aromatic heterocycles. The number of aryl methyl sites for hydroxylation is 1. The van der Waals surface area contributed by atoms with Crippen LogP contribution >= 0.6 is 15.9 Å². The maximum absolute atomic E-state index is 5.29. The van der Waals surface area contributed by atoms with E-state index in [9.17, 15) is 0 Å². The molecule has 0 aliphatic carbocycles. The molecule has 0 spiro atoms. The first kappa shape index (κ1) is 15.1. The Kier molecular flexibility index (Phi) is 5.20. The van der Waals surface area contributed by atoms with Crippen LogP contribution in [0.4, 0.5) is 0 Å². The van der Waals surface area contributed by atoms with E-state index in [1.807, 2.05) is 30.1 Å². The highest BCUT2D eigenvalue weighted by Crippen LogP contribution is 2.26. The van der Waals surface area contributed by atoms with Crippen LogP contribution < -0.4 is 10.1 Å². The highest BCUT2D eigenvalue weighted by Gasteiger charge is 2.18. The van der Waals surface area contributed by atoms with Crippen molar-refractivity contribution in [3.63, 3.8) is 0 Å². The molecule has 20 heavy (non-hydrogen) atoms. The Labute approximate surface area is 128 Å². The summed E-state index contributed by atoms with van der Waals surface area (Å²) in [5, 5.41) is 7.82. The molecule has 0 bridgehead atoms. The Morgan fingerprint density at radius 1 is 1.45 bits per heavy atom. The number of hydrogen-bond donors (Lipinski definition) is 1. The zero-order valence-corrected chi connectivity index (χ0v) is 13.6. The number of likely N-dealkylation sites (N-methyl/N-ethyl adjacent to an activating group) is 1. The van der Waals surface area contributed by atoms with E-state index in [1.165, 1.54) is 5.56 Å². The molecule has 1 heterocycles. The lowest BCUT2D eigenvalue weighted by Crippen LogP contribution is -2.25. The molecule has 5 heteroatoms. The normalized spacial score (nSPS) is 12.4. The number of ether oxygens (including phenoxy) is 1. The first-order valence-electron chi connectivity index (χ1n) is 6.69. The molecule has 0 radical (unpaired) electrons. The first-order valence-corrected chi connectivity index (χ1v) is 7.48. The van der Waals surface area contributed by atoms with Gasteiger partial charge >= 0.3 is 0 Å². The van der Waals surface area contributed by atoms with Crippen molar-refractivity contribution in [1.29, 1.82) is 0 Å². The summed E-state index contributed by atoms with van der Waals surface area (Å²) in [6.45, 7) is 3.02. The molecule has 4 nitrogen and oxygen atoms in total.